The zero-order valence-corrected chi connectivity index (χ0v) is 21.9. The van der Waals surface area contributed by atoms with Crippen LogP contribution in [0.3, 0.4) is 0 Å². The summed E-state index contributed by atoms with van der Waals surface area (Å²) in [6.45, 7) is 1.87. The number of halogens is 2. The first-order valence-corrected chi connectivity index (χ1v) is 12.6. The van der Waals surface area contributed by atoms with Gasteiger partial charge in [0.1, 0.15) is 11.6 Å². The summed E-state index contributed by atoms with van der Waals surface area (Å²) in [6.07, 6.45) is 3.92. The van der Waals surface area contributed by atoms with Crippen LogP contribution < -0.4 is 15.6 Å². The fraction of sp³-hybridized carbons (Fsp3) is 0.185. The van der Waals surface area contributed by atoms with Crippen LogP contribution in [0.2, 0.25) is 5.02 Å². The number of benzene rings is 3. The molecule has 0 aliphatic carbocycles. The Labute approximate surface area is 221 Å². The van der Waals surface area contributed by atoms with Gasteiger partial charge in [0, 0.05) is 27.2 Å². The number of carbonyl (C=O) groups is 1. The normalized spacial score (nSPS) is 11.2. The summed E-state index contributed by atoms with van der Waals surface area (Å²) in [5, 5.41) is 8.17. The molecule has 0 fully saturated rings. The Hall–Kier alpha value is -3.49. The van der Waals surface area contributed by atoms with Crippen molar-refractivity contribution in [1.29, 1.82) is 0 Å². The van der Waals surface area contributed by atoms with Crippen LogP contribution in [0.1, 0.15) is 31.2 Å². The largest absolute Gasteiger partial charge is 0.483 e. The van der Waals surface area contributed by atoms with Crippen molar-refractivity contribution in [3.8, 4) is 5.75 Å². The Morgan fingerprint density at radius 3 is 2.75 bits per heavy atom. The van der Waals surface area contributed by atoms with E-state index in [1.54, 1.807) is 36.4 Å². The van der Waals surface area contributed by atoms with Gasteiger partial charge in [-0.15, -0.1) is 0 Å². The molecular weight excluding hydrogens is 544 g/mol. The molecule has 1 aromatic heterocycles. The van der Waals surface area contributed by atoms with E-state index >= 15 is 0 Å². The SMILES string of the molecule is CCCCc1nc2ccc(Br)cc2c(=O)n1N=Cc1cc(Cl)ccc1OCC(=O)Nc1ccccc1. The fourth-order valence-electron chi connectivity index (χ4n) is 3.54. The Morgan fingerprint density at radius 2 is 1.97 bits per heavy atom. The van der Waals surface area contributed by atoms with Crippen molar-refractivity contribution in [1.82, 2.24) is 9.66 Å². The Balaban J connectivity index is 1.62. The number of carbonyl (C=O) groups excluding carboxylic acids is 1. The molecule has 0 radical (unpaired) electrons. The van der Waals surface area contributed by atoms with E-state index in [2.05, 4.69) is 38.3 Å². The van der Waals surface area contributed by atoms with Gasteiger partial charge in [-0.1, -0.05) is 59.1 Å². The minimum atomic E-state index is -0.304. The molecule has 1 amide bonds. The number of ether oxygens (including phenoxy) is 1. The van der Waals surface area contributed by atoms with E-state index in [1.165, 1.54) is 10.9 Å². The van der Waals surface area contributed by atoms with Gasteiger partial charge in [0.15, 0.2) is 6.61 Å². The zero-order chi connectivity index (χ0) is 25.5. The number of hydrogen-bond donors (Lipinski definition) is 1. The molecular formula is C27H24BrClN4O3. The summed E-state index contributed by atoms with van der Waals surface area (Å²) in [5.41, 5.74) is 1.56. The topological polar surface area (TPSA) is 85.6 Å². The average Bonchev–Trinajstić information content (AvgIpc) is 2.87. The lowest BCUT2D eigenvalue weighted by molar-refractivity contribution is -0.118. The maximum atomic E-state index is 13.3. The van der Waals surface area contributed by atoms with Gasteiger partial charge in [0.05, 0.1) is 17.1 Å². The summed E-state index contributed by atoms with van der Waals surface area (Å²) in [6, 6.07) is 19.5. The molecule has 0 saturated heterocycles. The van der Waals surface area contributed by atoms with Gasteiger partial charge >= 0.3 is 0 Å². The van der Waals surface area contributed by atoms with Gasteiger partial charge < -0.3 is 10.1 Å². The quantitative estimate of drug-likeness (QED) is 0.249. The molecule has 0 unspecified atom stereocenters. The molecule has 0 spiro atoms. The summed E-state index contributed by atoms with van der Waals surface area (Å²) in [7, 11) is 0. The number of aryl methyl sites for hydroxylation is 1. The smallest absolute Gasteiger partial charge is 0.282 e. The number of unbranched alkanes of at least 4 members (excludes halogenated alkanes) is 1. The van der Waals surface area contributed by atoms with E-state index < -0.39 is 0 Å². The van der Waals surface area contributed by atoms with Gasteiger partial charge in [0.25, 0.3) is 11.5 Å². The molecule has 3 aromatic carbocycles. The van der Waals surface area contributed by atoms with Gasteiger partial charge in [-0.2, -0.15) is 9.78 Å². The molecule has 184 valence electrons. The van der Waals surface area contributed by atoms with Crippen molar-refractivity contribution in [2.45, 2.75) is 26.2 Å². The van der Waals surface area contributed by atoms with Crippen molar-refractivity contribution < 1.29 is 9.53 Å². The number of nitrogens with zero attached hydrogens (tertiary/aromatic N) is 3. The van der Waals surface area contributed by atoms with Crippen LogP contribution in [0.4, 0.5) is 5.69 Å². The van der Waals surface area contributed by atoms with Gasteiger partial charge in [0.2, 0.25) is 0 Å². The lowest BCUT2D eigenvalue weighted by Gasteiger charge is -2.11. The lowest BCUT2D eigenvalue weighted by atomic mass is 10.2. The molecule has 0 bridgehead atoms. The van der Waals surface area contributed by atoms with Crippen LogP contribution in [-0.4, -0.2) is 28.4 Å². The van der Waals surface area contributed by atoms with Crippen LogP contribution in [0.15, 0.2) is 81.1 Å². The molecule has 0 aliphatic rings. The van der Waals surface area contributed by atoms with Crippen molar-refractivity contribution in [3.63, 3.8) is 0 Å². The monoisotopic (exact) mass is 566 g/mol. The second kappa shape index (κ2) is 12.0. The Bertz CT molecular complexity index is 1470. The molecule has 1 heterocycles. The maximum Gasteiger partial charge on any atom is 0.282 e. The molecule has 0 aliphatic heterocycles. The predicted molar refractivity (Wildman–Crippen MR) is 147 cm³/mol. The first kappa shape index (κ1) is 25.6. The summed E-state index contributed by atoms with van der Waals surface area (Å²) in [5.74, 6) is 0.673. The van der Waals surface area contributed by atoms with Crippen molar-refractivity contribution >= 4 is 56.2 Å². The number of amides is 1. The van der Waals surface area contributed by atoms with Crippen LogP contribution in [-0.2, 0) is 11.2 Å². The molecule has 0 saturated carbocycles. The highest BCUT2D eigenvalue weighted by molar-refractivity contribution is 9.10. The van der Waals surface area contributed by atoms with E-state index in [9.17, 15) is 9.59 Å². The molecule has 1 N–H and O–H groups in total. The Kier molecular flexibility index (Phi) is 8.51. The third-order valence-corrected chi connectivity index (χ3v) is 6.06. The zero-order valence-electron chi connectivity index (χ0n) is 19.6. The van der Waals surface area contributed by atoms with Crippen LogP contribution in [0, 0.1) is 0 Å². The second-order valence-corrected chi connectivity index (χ2v) is 9.39. The lowest BCUT2D eigenvalue weighted by Crippen LogP contribution is -2.22. The van der Waals surface area contributed by atoms with Crippen LogP contribution in [0.5, 0.6) is 5.75 Å². The highest BCUT2D eigenvalue weighted by Crippen LogP contribution is 2.22. The van der Waals surface area contributed by atoms with Crippen LogP contribution in [0.25, 0.3) is 10.9 Å². The van der Waals surface area contributed by atoms with Crippen LogP contribution >= 0.6 is 27.5 Å². The van der Waals surface area contributed by atoms with E-state index in [0.29, 0.717) is 45.2 Å². The summed E-state index contributed by atoms with van der Waals surface area (Å²) < 4.78 is 7.85. The first-order chi connectivity index (χ1) is 17.4. The number of fused-ring (bicyclic) bond motifs is 1. The molecule has 7 nitrogen and oxygen atoms in total. The summed E-state index contributed by atoms with van der Waals surface area (Å²) >= 11 is 9.63. The minimum Gasteiger partial charge on any atom is -0.483 e. The van der Waals surface area contributed by atoms with Gasteiger partial charge in [-0.25, -0.2) is 4.98 Å². The van der Waals surface area contributed by atoms with E-state index in [1.807, 2.05) is 30.3 Å². The Morgan fingerprint density at radius 1 is 1.17 bits per heavy atom. The second-order valence-electron chi connectivity index (χ2n) is 8.04. The highest BCUT2D eigenvalue weighted by Gasteiger charge is 2.12. The number of anilines is 1. The minimum absolute atomic E-state index is 0.204. The first-order valence-electron chi connectivity index (χ1n) is 11.5. The number of aromatic nitrogens is 2. The molecule has 4 aromatic rings. The third kappa shape index (κ3) is 6.38. The van der Waals surface area contributed by atoms with Crippen molar-refractivity contribution in [2.24, 2.45) is 5.10 Å². The van der Waals surface area contributed by atoms with E-state index in [-0.39, 0.29) is 18.1 Å². The standard InChI is InChI=1S/C27H24BrClN4O3/c1-2-3-9-25-32-23-12-10-19(28)15-22(23)27(35)33(25)30-16-18-14-20(29)11-13-24(18)36-17-26(34)31-21-7-5-4-6-8-21/h4-8,10-16H,2-3,9,17H2,1H3,(H,31,34). The van der Waals surface area contributed by atoms with Crippen molar-refractivity contribution in [3.05, 3.63) is 98.0 Å². The highest BCUT2D eigenvalue weighted by atomic mass is 79.9. The number of nitrogens with one attached hydrogen (secondary N) is 1. The predicted octanol–water partition coefficient (Wildman–Crippen LogP) is 6.05. The van der Waals surface area contributed by atoms with Gasteiger partial charge in [-0.05, 0) is 55.0 Å². The van der Waals surface area contributed by atoms with Gasteiger partial charge in [-0.3, -0.25) is 9.59 Å². The maximum absolute atomic E-state index is 13.3. The fourth-order valence-corrected chi connectivity index (χ4v) is 4.09. The van der Waals surface area contributed by atoms with Crippen molar-refractivity contribution in [2.75, 3.05) is 11.9 Å². The molecule has 9 heteroatoms. The molecule has 0 atom stereocenters. The third-order valence-electron chi connectivity index (χ3n) is 5.33. The molecule has 36 heavy (non-hydrogen) atoms. The summed E-state index contributed by atoms with van der Waals surface area (Å²) in [4.78, 5) is 30.3. The number of rotatable bonds is 9. The average molecular weight is 568 g/mol. The van der Waals surface area contributed by atoms with E-state index in [0.717, 1.165) is 17.3 Å². The van der Waals surface area contributed by atoms with E-state index in [4.69, 9.17) is 16.3 Å². The number of para-hydroxylation sites is 1. The molecule has 4 rings (SSSR count). The number of hydrogen-bond acceptors (Lipinski definition) is 5.